The molecule has 15 heavy (non-hydrogen) atoms. The normalized spacial score (nSPS) is 14.3. The van der Waals surface area contributed by atoms with E-state index in [1.807, 2.05) is 0 Å². The Bertz CT molecular complexity index is 211. The van der Waals surface area contributed by atoms with Crippen molar-refractivity contribution >= 4 is 7.37 Å². The molecule has 0 heterocycles. The smallest absolute Gasteiger partial charge is 0.200 e. The molecule has 0 aromatic carbocycles. The molecule has 0 fully saturated rings. The van der Waals surface area contributed by atoms with Gasteiger partial charge in [0.15, 0.2) is 0 Å². The molecule has 2 nitrogen and oxygen atoms in total. The summed E-state index contributed by atoms with van der Waals surface area (Å²) in [7, 11) is -2.89. The van der Waals surface area contributed by atoms with Gasteiger partial charge in [-0.05, 0) is 23.7 Å². The molecule has 0 saturated heterocycles. The topological polar surface area (TPSA) is 37.3 Å². The molecule has 0 aromatic rings. The van der Waals surface area contributed by atoms with Crippen molar-refractivity contribution in [1.29, 1.82) is 0 Å². The predicted octanol–water partition coefficient (Wildman–Crippen LogP) is 4.13. The fourth-order valence-corrected chi connectivity index (χ4v) is 3.40. The van der Waals surface area contributed by atoms with E-state index in [0.29, 0.717) is 12.3 Å². The molecule has 0 bridgehead atoms. The van der Waals surface area contributed by atoms with Crippen LogP contribution >= 0.6 is 7.37 Å². The molecule has 0 saturated carbocycles. The summed E-state index contributed by atoms with van der Waals surface area (Å²) in [5, 5.41) is 0. The lowest BCUT2D eigenvalue weighted by molar-refractivity contribution is 0.372. The van der Waals surface area contributed by atoms with Crippen LogP contribution < -0.4 is 0 Å². The van der Waals surface area contributed by atoms with Crippen LogP contribution in [-0.4, -0.2) is 17.2 Å². The average molecular weight is 234 g/mol. The Hall–Kier alpha value is 0.190. The third-order valence-corrected chi connectivity index (χ3v) is 4.27. The molecule has 0 amide bonds. The van der Waals surface area contributed by atoms with Gasteiger partial charge in [-0.1, -0.05) is 41.5 Å². The molecule has 0 aliphatic carbocycles. The van der Waals surface area contributed by atoms with E-state index >= 15 is 0 Å². The van der Waals surface area contributed by atoms with Crippen molar-refractivity contribution in [2.45, 2.75) is 54.4 Å². The summed E-state index contributed by atoms with van der Waals surface area (Å²) in [4.78, 5) is 9.80. The Morgan fingerprint density at radius 2 is 1.13 bits per heavy atom. The second kappa shape index (κ2) is 5.01. The minimum absolute atomic E-state index is 0.153. The maximum atomic E-state index is 11.9. The molecule has 0 spiro atoms. The standard InChI is InChI=1S/C12H27O2P/c1-11(2,3)7-9-15(13,14)10-8-12(4,5)6/h7-10H2,1-6H3,(H,13,14). The van der Waals surface area contributed by atoms with Gasteiger partial charge in [-0.3, -0.25) is 4.57 Å². The third kappa shape index (κ3) is 10.5. The quantitative estimate of drug-likeness (QED) is 0.742. The van der Waals surface area contributed by atoms with Crippen molar-refractivity contribution in [3.8, 4) is 0 Å². The summed E-state index contributed by atoms with van der Waals surface area (Å²) in [5.41, 5.74) is 0.306. The van der Waals surface area contributed by atoms with Gasteiger partial charge < -0.3 is 4.89 Å². The zero-order valence-electron chi connectivity index (χ0n) is 11.1. The summed E-state index contributed by atoms with van der Waals surface area (Å²) in [5.74, 6) is 0. The van der Waals surface area contributed by atoms with Gasteiger partial charge in [0.05, 0.1) is 0 Å². The fraction of sp³-hybridized carbons (Fsp3) is 1.00. The molecule has 3 heteroatoms. The Morgan fingerprint density at radius 1 is 0.867 bits per heavy atom. The molecule has 0 aromatic heterocycles. The second-order valence-corrected chi connectivity index (χ2v) is 9.50. The maximum absolute atomic E-state index is 11.9. The molecular weight excluding hydrogens is 207 g/mol. The van der Waals surface area contributed by atoms with Gasteiger partial charge in [0, 0.05) is 12.3 Å². The largest absolute Gasteiger partial charge is 0.344 e. The molecule has 0 aliphatic heterocycles. The average Bonchev–Trinajstić information content (AvgIpc) is 1.96. The van der Waals surface area contributed by atoms with Crippen LogP contribution in [0.15, 0.2) is 0 Å². The number of rotatable bonds is 4. The van der Waals surface area contributed by atoms with E-state index in [1.54, 1.807) is 0 Å². The van der Waals surface area contributed by atoms with Crippen molar-refractivity contribution < 1.29 is 9.46 Å². The first kappa shape index (κ1) is 15.2. The van der Waals surface area contributed by atoms with Crippen molar-refractivity contribution in [3.63, 3.8) is 0 Å². The van der Waals surface area contributed by atoms with Crippen LogP contribution in [0.5, 0.6) is 0 Å². The van der Waals surface area contributed by atoms with E-state index in [0.717, 1.165) is 12.8 Å². The lowest BCUT2D eigenvalue weighted by Crippen LogP contribution is -2.12. The highest BCUT2D eigenvalue weighted by molar-refractivity contribution is 7.57. The minimum Gasteiger partial charge on any atom is -0.344 e. The zero-order valence-corrected chi connectivity index (χ0v) is 12.0. The van der Waals surface area contributed by atoms with Crippen LogP contribution in [-0.2, 0) is 4.57 Å². The first-order valence-electron chi connectivity index (χ1n) is 5.72. The van der Waals surface area contributed by atoms with Gasteiger partial charge in [-0.25, -0.2) is 0 Å². The van der Waals surface area contributed by atoms with Gasteiger partial charge >= 0.3 is 0 Å². The molecule has 92 valence electrons. The van der Waals surface area contributed by atoms with Gasteiger partial charge in [0.2, 0.25) is 7.37 Å². The summed E-state index contributed by atoms with van der Waals surface area (Å²) in [6.07, 6.45) is 2.58. The van der Waals surface area contributed by atoms with Crippen molar-refractivity contribution in [2.75, 3.05) is 12.3 Å². The SMILES string of the molecule is CC(C)(C)CCP(=O)(O)CCC(C)(C)C. The Kier molecular flexibility index (Phi) is 5.08. The molecule has 0 unspecified atom stereocenters. The van der Waals surface area contributed by atoms with Crippen LogP contribution in [0.4, 0.5) is 0 Å². The first-order chi connectivity index (χ1) is 6.41. The molecule has 0 rings (SSSR count). The van der Waals surface area contributed by atoms with E-state index < -0.39 is 7.37 Å². The Balaban J connectivity index is 4.04. The highest BCUT2D eigenvalue weighted by atomic mass is 31.2. The van der Waals surface area contributed by atoms with E-state index in [1.165, 1.54) is 0 Å². The molecule has 0 radical (unpaired) electrons. The molecule has 0 aliphatic rings. The van der Waals surface area contributed by atoms with Crippen LogP contribution in [0.2, 0.25) is 0 Å². The number of hydrogen-bond donors (Lipinski definition) is 1. The van der Waals surface area contributed by atoms with Gasteiger partial charge in [0.25, 0.3) is 0 Å². The van der Waals surface area contributed by atoms with E-state index in [9.17, 15) is 9.46 Å². The van der Waals surface area contributed by atoms with E-state index in [-0.39, 0.29) is 10.8 Å². The summed E-state index contributed by atoms with van der Waals surface area (Å²) in [6, 6.07) is 0. The van der Waals surface area contributed by atoms with Crippen LogP contribution in [0.1, 0.15) is 54.4 Å². The lowest BCUT2D eigenvalue weighted by Gasteiger charge is -2.23. The molecular formula is C12H27O2P. The summed E-state index contributed by atoms with van der Waals surface area (Å²) >= 11 is 0. The van der Waals surface area contributed by atoms with Crippen molar-refractivity contribution in [2.24, 2.45) is 10.8 Å². The molecule has 0 atom stereocenters. The third-order valence-electron chi connectivity index (χ3n) is 2.42. The van der Waals surface area contributed by atoms with Crippen LogP contribution in [0.3, 0.4) is 0 Å². The van der Waals surface area contributed by atoms with Gasteiger partial charge in [-0.2, -0.15) is 0 Å². The van der Waals surface area contributed by atoms with Gasteiger partial charge in [0.1, 0.15) is 0 Å². The first-order valence-corrected chi connectivity index (χ1v) is 7.75. The Labute approximate surface area is 94.9 Å². The predicted molar refractivity (Wildman–Crippen MR) is 67.7 cm³/mol. The fourth-order valence-electron chi connectivity index (χ4n) is 1.13. The van der Waals surface area contributed by atoms with Gasteiger partial charge in [-0.15, -0.1) is 0 Å². The zero-order chi connectivity index (χ0) is 12.3. The minimum atomic E-state index is -2.89. The van der Waals surface area contributed by atoms with E-state index in [2.05, 4.69) is 41.5 Å². The van der Waals surface area contributed by atoms with Crippen LogP contribution in [0, 0.1) is 10.8 Å². The van der Waals surface area contributed by atoms with Crippen LogP contribution in [0.25, 0.3) is 0 Å². The van der Waals surface area contributed by atoms with E-state index in [4.69, 9.17) is 0 Å². The lowest BCUT2D eigenvalue weighted by atomic mass is 9.93. The highest BCUT2D eigenvalue weighted by Crippen LogP contribution is 2.45. The molecule has 1 N–H and O–H groups in total. The van der Waals surface area contributed by atoms with Crippen molar-refractivity contribution in [1.82, 2.24) is 0 Å². The summed E-state index contributed by atoms with van der Waals surface area (Å²) in [6.45, 7) is 12.6. The van der Waals surface area contributed by atoms with Crippen molar-refractivity contribution in [3.05, 3.63) is 0 Å². The number of hydrogen-bond acceptors (Lipinski definition) is 1. The Morgan fingerprint density at radius 3 is 1.33 bits per heavy atom. The second-order valence-electron chi connectivity index (χ2n) is 6.91. The maximum Gasteiger partial charge on any atom is 0.200 e. The monoisotopic (exact) mass is 234 g/mol. The highest BCUT2D eigenvalue weighted by Gasteiger charge is 2.24. The summed E-state index contributed by atoms with van der Waals surface area (Å²) < 4.78 is 11.9.